The minimum absolute atomic E-state index is 0.00638. The van der Waals surface area contributed by atoms with Crippen molar-refractivity contribution >= 4 is 29.1 Å². The predicted molar refractivity (Wildman–Crippen MR) is 135 cm³/mol. The van der Waals surface area contributed by atoms with E-state index in [1.807, 2.05) is 0 Å². The van der Waals surface area contributed by atoms with Gasteiger partial charge in [0, 0.05) is 42.4 Å². The molecular weight excluding hydrogens is 486 g/mol. The largest absolute Gasteiger partial charge is 0.495 e. The van der Waals surface area contributed by atoms with Gasteiger partial charge in [0.05, 0.1) is 24.9 Å². The molecule has 2 aromatic carbocycles. The van der Waals surface area contributed by atoms with Crippen molar-refractivity contribution in [2.45, 2.75) is 25.8 Å². The number of ketones is 2. The molecule has 0 radical (unpaired) electrons. The number of ether oxygens (including phenoxy) is 2. The van der Waals surface area contributed by atoms with Gasteiger partial charge in [0.25, 0.3) is 5.56 Å². The molecule has 0 aliphatic heterocycles. The van der Waals surface area contributed by atoms with Gasteiger partial charge in [0.1, 0.15) is 5.75 Å². The molecule has 1 N–H and O–H groups in total. The van der Waals surface area contributed by atoms with Crippen LogP contribution in [-0.4, -0.2) is 48.0 Å². The van der Waals surface area contributed by atoms with Crippen molar-refractivity contribution in [3.05, 3.63) is 86.8 Å². The Labute approximate surface area is 213 Å². The van der Waals surface area contributed by atoms with Crippen LogP contribution in [0.4, 0.5) is 0 Å². The van der Waals surface area contributed by atoms with Gasteiger partial charge in [-0.25, -0.2) is 4.79 Å². The zero-order valence-corrected chi connectivity index (χ0v) is 20.9. The zero-order valence-electron chi connectivity index (χ0n) is 20.1. The number of aromatic nitrogens is 1. The molecule has 0 fully saturated rings. The fourth-order valence-electron chi connectivity index (χ4n) is 3.96. The van der Waals surface area contributed by atoms with E-state index in [2.05, 4.69) is 0 Å². The second kappa shape index (κ2) is 11.8. The number of carbonyl (C=O) groups excluding carboxylic acids is 2. The molecule has 0 aliphatic rings. The number of carboxylic acid groups (broad SMARTS) is 1. The highest BCUT2D eigenvalue weighted by Crippen LogP contribution is 2.34. The van der Waals surface area contributed by atoms with E-state index in [1.165, 1.54) is 50.1 Å². The standard InChI is InChI=1S/C27H26ClNO7/c1-16(30)20-9-8-19(28)13-21(20)22-14-26(32)29(15-25(22)36-3)23(10-11-35-2)24(31)12-17-4-6-18(7-5-17)27(33)34/h4-9,13-15,23H,10-12H2,1-3H3,(H,33,34). The fourth-order valence-corrected chi connectivity index (χ4v) is 4.13. The lowest BCUT2D eigenvalue weighted by atomic mass is 9.96. The van der Waals surface area contributed by atoms with Crippen molar-refractivity contribution < 1.29 is 29.0 Å². The summed E-state index contributed by atoms with van der Waals surface area (Å²) in [5, 5.41) is 9.47. The first kappa shape index (κ1) is 26.8. The Morgan fingerprint density at radius 1 is 1.03 bits per heavy atom. The van der Waals surface area contributed by atoms with E-state index in [1.54, 1.807) is 30.3 Å². The summed E-state index contributed by atoms with van der Waals surface area (Å²) in [6.45, 7) is 1.65. The van der Waals surface area contributed by atoms with Crippen LogP contribution in [-0.2, 0) is 16.0 Å². The number of hydrogen-bond donors (Lipinski definition) is 1. The van der Waals surface area contributed by atoms with Crippen molar-refractivity contribution in [3.8, 4) is 16.9 Å². The molecule has 0 saturated heterocycles. The summed E-state index contributed by atoms with van der Waals surface area (Å²) in [4.78, 5) is 49.8. The van der Waals surface area contributed by atoms with Gasteiger partial charge < -0.3 is 19.1 Å². The Hall–Kier alpha value is -3.75. The van der Waals surface area contributed by atoms with Gasteiger partial charge in [-0.1, -0.05) is 23.7 Å². The molecule has 0 amide bonds. The molecule has 8 nitrogen and oxygen atoms in total. The Kier molecular flexibility index (Phi) is 8.79. The summed E-state index contributed by atoms with van der Waals surface area (Å²) in [7, 11) is 2.93. The predicted octanol–water partition coefficient (Wildman–Crippen LogP) is 4.47. The van der Waals surface area contributed by atoms with Crippen molar-refractivity contribution in [2.75, 3.05) is 20.8 Å². The van der Waals surface area contributed by atoms with Gasteiger partial charge >= 0.3 is 5.97 Å². The zero-order chi connectivity index (χ0) is 26.4. The minimum atomic E-state index is -1.06. The molecule has 3 aromatic rings. The number of hydrogen-bond acceptors (Lipinski definition) is 6. The maximum atomic E-state index is 13.3. The van der Waals surface area contributed by atoms with E-state index in [0.717, 1.165) is 0 Å². The number of benzene rings is 2. The third kappa shape index (κ3) is 6.08. The van der Waals surface area contributed by atoms with E-state index in [-0.39, 0.29) is 36.6 Å². The normalized spacial score (nSPS) is 11.7. The topological polar surface area (TPSA) is 112 Å². The molecule has 0 bridgehead atoms. The monoisotopic (exact) mass is 511 g/mol. The number of carboxylic acids is 1. The first-order valence-corrected chi connectivity index (χ1v) is 11.5. The van der Waals surface area contributed by atoms with E-state index in [0.29, 0.717) is 33.0 Å². The Morgan fingerprint density at radius 3 is 2.31 bits per heavy atom. The average Bonchev–Trinajstić information content (AvgIpc) is 2.84. The van der Waals surface area contributed by atoms with Crippen LogP contribution < -0.4 is 10.3 Å². The molecule has 188 valence electrons. The number of pyridine rings is 1. The number of methoxy groups -OCH3 is 2. The highest BCUT2D eigenvalue weighted by molar-refractivity contribution is 6.31. The molecule has 9 heteroatoms. The third-order valence-electron chi connectivity index (χ3n) is 5.80. The molecule has 1 unspecified atom stereocenters. The van der Waals surface area contributed by atoms with Crippen LogP contribution >= 0.6 is 11.6 Å². The number of carbonyl (C=O) groups is 3. The van der Waals surface area contributed by atoms with Crippen LogP contribution in [0.5, 0.6) is 5.75 Å². The van der Waals surface area contributed by atoms with Crippen LogP contribution in [0.1, 0.15) is 45.7 Å². The van der Waals surface area contributed by atoms with Crippen LogP contribution in [0.15, 0.2) is 59.5 Å². The van der Waals surface area contributed by atoms with Crippen LogP contribution in [0, 0.1) is 0 Å². The van der Waals surface area contributed by atoms with E-state index < -0.39 is 17.6 Å². The Morgan fingerprint density at radius 2 is 1.72 bits per heavy atom. The second-order valence-corrected chi connectivity index (χ2v) is 8.63. The number of Topliss-reactive ketones (excluding diaryl/α,β-unsaturated/α-hetero) is 2. The maximum Gasteiger partial charge on any atom is 0.335 e. The van der Waals surface area contributed by atoms with Gasteiger partial charge in [0.2, 0.25) is 0 Å². The molecule has 3 rings (SSSR count). The molecule has 1 heterocycles. The summed E-state index contributed by atoms with van der Waals surface area (Å²) in [6.07, 6.45) is 1.68. The highest BCUT2D eigenvalue weighted by atomic mass is 35.5. The maximum absolute atomic E-state index is 13.3. The average molecular weight is 512 g/mol. The molecule has 1 atom stereocenters. The van der Waals surface area contributed by atoms with Crippen molar-refractivity contribution in [2.24, 2.45) is 0 Å². The van der Waals surface area contributed by atoms with Gasteiger partial charge in [-0.15, -0.1) is 0 Å². The molecule has 0 spiro atoms. The van der Waals surface area contributed by atoms with Crippen LogP contribution in [0.3, 0.4) is 0 Å². The molecule has 0 aliphatic carbocycles. The van der Waals surface area contributed by atoms with Gasteiger partial charge in [0.15, 0.2) is 11.6 Å². The van der Waals surface area contributed by atoms with Gasteiger partial charge in [-0.05, 0) is 54.8 Å². The number of halogens is 1. The van der Waals surface area contributed by atoms with E-state index in [4.69, 9.17) is 26.2 Å². The Balaban J connectivity index is 2.04. The summed E-state index contributed by atoms with van der Waals surface area (Å²) in [6, 6.07) is 11.2. The van der Waals surface area contributed by atoms with Crippen LogP contribution in [0.2, 0.25) is 5.02 Å². The lowest BCUT2D eigenvalue weighted by molar-refractivity contribution is -0.122. The lowest BCUT2D eigenvalue weighted by Gasteiger charge is -2.21. The summed E-state index contributed by atoms with van der Waals surface area (Å²) in [5.74, 6) is -1.22. The van der Waals surface area contributed by atoms with E-state index in [9.17, 15) is 19.2 Å². The number of aromatic carboxylic acids is 1. The van der Waals surface area contributed by atoms with Crippen molar-refractivity contribution in [1.82, 2.24) is 4.57 Å². The lowest BCUT2D eigenvalue weighted by Crippen LogP contribution is -2.31. The second-order valence-electron chi connectivity index (χ2n) is 8.19. The van der Waals surface area contributed by atoms with E-state index >= 15 is 0 Å². The van der Waals surface area contributed by atoms with Gasteiger partial charge in [-0.3, -0.25) is 14.4 Å². The van der Waals surface area contributed by atoms with Crippen molar-refractivity contribution in [1.29, 1.82) is 0 Å². The first-order chi connectivity index (χ1) is 17.2. The third-order valence-corrected chi connectivity index (χ3v) is 6.03. The molecular formula is C27H26ClNO7. The smallest absolute Gasteiger partial charge is 0.335 e. The van der Waals surface area contributed by atoms with Crippen molar-refractivity contribution in [3.63, 3.8) is 0 Å². The highest BCUT2D eigenvalue weighted by Gasteiger charge is 2.24. The van der Waals surface area contributed by atoms with Crippen LogP contribution in [0.25, 0.3) is 11.1 Å². The summed E-state index contributed by atoms with van der Waals surface area (Å²) >= 11 is 6.16. The van der Waals surface area contributed by atoms with Gasteiger partial charge in [-0.2, -0.15) is 0 Å². The minimum Gasteiger partial charge on any atom is -0.495 e. The molecule has 1 aromatic heterocycles. The summed E-state index contributed by atoms with van der Waals surface area (Å²) in [5.41, 5.74) is 1.49. The quantitative estimate of drug-likeness (QED) is 0.378. The fraction of sp³-hybridized carbons (Fsp3) is 0.259. The molecule has 36 heavy (non-hydrogen) atoms. The molecule has 0 saturated carbocycles. The first-order valence-electron chi connectivity index (χ1n) is 11.1. The number of nitrogens with zero attached hydrogens (tertiary/aromatic N) is 1. The Bertz CT molecular complexity index is 1350. The summed E-state index contributed by atoms with van der Waals surface area (Å²) < 4.78 is 12.0. The SMILES string of the molecule is COCCC(C(=O)Cc1ccc(C(=O)O)cc1)n1cc(OC)c(-c2cc(Cl)ccc2C(C)=O)cc1=O. The number of rotatable bonds is 11.